The van der Waals surface area contributed by atoms with E-state index in [1.807, 2.05) is 6.20 Å². The van der Waals surface area contributed by atoms with Gasteiger partial charge in [-0.1, -0.05) is 20.8 Å². The van der Waals surface area contributed by atoms with E-state index < -0.39 is 0 Å². The minimum absolute atomic E-state index is 0.438. The number of anilines is 1. The van der Waals surface area contributed by atoms with Crippen molar-refractivity contribution < 1.29 is 0 Å². The lowest BCUT2D eigenvalue weighted by Crippen LogP contribution is -2.32. The fraction of sp³-hybridized carbons (Fsp3) is 0.692. The van der Waals surface area contributed by atoms with Crippen molar-refractivity contribution in [1.29, 1.82) is 0 Å². The first-order chi connectivity index (χ1) is 7.07. The molecule has 2 nitrogen and oxygen atoms in total. The summed E-state index contributed by atoms with van der Waals surface area (Å²) in [7, 11) is 0. The zero-order valence-electron chi connectivity index (χ0n) is 10.1. The van der Waals surface area contributed by atoms with E-state index in [0.717, 1.165) is 5.92 Å². The molecule has 1 unspecified atom stereocenters. The molecule has 1 fully saturated rings. The van der Waals surface area contributed by atoms with Gasteiger partial charge in [0.2, 0.25) is 0 Å². The zero-order valence-corrected chi connectivity index (χ0v) is 10.1. The molecule has 0 saturated carbocycles. The van der Waals surface area contributed by atoms with Gasteiger partial charge in [0.1, 0.15) is 0 Å². The Labute approximate surface area is 92.7 Å². The molecule has 1 saturated heterocycles. The Morgan fingerprint density at radius 1 is 1.47 bits per heavy atom. The van der Waals surface area contributed by atoms with Gasteiger partial charge in [0, 0.05) is 25.5 Å². The Morgan fingerprint density at radius 2 is 2.27 bits per heavy atom. The van der Waals surface area contributed by atoms with Gasteiger partial charge in [0.05, 0.1) is 5.69 Å². The summed E-state index contributed by atoms with van der Waals surface area (Å²) < 4.78 is 0. The molecule has 0 spiro atoms. The Hall–Kier alpha value is -0.920. The molecule has 2 heteroatoms. The second kappa shape index (κ2) is 3.92. The van der Waals surface area contributed by atoms with Crippen LogP contribution < -0.4 is 4.90 Å². The van der Waals surface area contributed by atoms with Crippen LogP contribution in [0.5, 0.6) is 0 Å². The third-order valence-corrected chi connectivity index (χ3v) is 3.36. The fourth-order valence-electron chi connectivity index (χ4n) is 2.81. The summed E-state index contributed by atoms with van der Waals surface area (Å²) in [6.07, 6.45) is 6.77. The van der Waals surface area contributed by atoms with Crippen molar-refractivity contribution in [3.63, 3.8) is 0 Å². The van der Waals surface area contributed by atoms with E-state index in [1.54, 1.807) is 0 Å². The van der Waals surface area contributed by atoms with Crippen molar-refractivity contribution >= 4 is 5.69 Å². The van der Waals surface area contributed by atoms with Crippen LogP contribution in [0.15, 0.2) is 18.5 Å². The molecule has 1 atom stereocenters. The molecule has 84 valence electrons. The van der Waals surface area contributed by atoms with Crippen molar-refractivity contribution in [3.8, 4) is 0 Å². The van der Waals surface area contributed by atoms with E-state index in [2.05, 4.69) is 42.9 Å². The molecular formula is C13H22N2. The van der Waals surface area contributed by atoms with E-state index in [-0.39, 0.29) is 0 Å². The predicted octanol–water partition coefficient (Wildman–Crippen LogP) is 3.28. The van der Waals surface area contributed by atoms with E-state index in [9.17, 15) is 0 Å². The maximum atomic E-state index is 3.14. The third kappa shape index (κ3) is 2.55. The molecule has 1 aromatic heterocycles. The van der Waals surface area contributed by atoms with Crippen molar-refractivity contribution in [1.82, 2.24) is 4.98 Å². The summed E-state index contributed by atoms with van der Waals surface area (Å²) in [5.41, 5.74) is 1.78. The van der Waals surface area contributed by atoms with Crippen LogP contribution in [0.2, 0.25) is 0 Å². The lowest BCUT2D eigenvalue weighted by Gasteiger charge is -2.30. The summed E-state index contributed by atoms with van der Waals surface area (Å²) in [4.78, 5) is 5.66. The Bertz CT molecular complexity index is 300. The van der Waals surface area contributed by atoms with Crippen LogP contribution in [-0.4, -0.2) is 18.1 Å². The quantitative estimate of drug-likeness (QED) is 0.747. The molecule has 15 heavy (non-hydrogen) atoms. The van der Waals surface area contributed by atoms with Crippen molar-refractivity contribution in [2.45, 2.75) is 33.6 Å². The van der Waals surface area contributed by atoms with Gasteiger partial charge in [-0.3, -0.25) is 0 Å². The lowest BCUT2D eigenvalue weighted by molar-refractivity contribution is 0.303. The van der Waals surface area contributed by atoms with Crippen molar-refractivity contribution in [2.75, 3.05) is 18.0 Å². The van der Waals surface area contributed by atoms with Crippen LogP contribution in [-0.2, 0) is 0 Å². The number of rotatable bonds is 1. The molecule has 1 N–H and O–H groups in total. The summed E-state index contributed by atoms with van der Waals surface area (Å²) in [5.74, 6) is 0.851. The number of aromatic amines is 1. The number of aromatic nitrogens is 1. The zero-order chi connectivity index (χ0) is 10.9. The lowest BCUT2D eigenvalue weighted by atomic mass is 9.83. The van der Waals surface area contributed by atoms with Gasteiger partial charge in [-0.15, -0.1) is 0 Å². The Morgan fingerprint density at radius 3 is 2.93 bits per heavy atom. The smallest absolute Gasteiger partial charge is 0.0543 e. The molecule has 0 aliphatic carbocycles. The van der Waals surface area contributed by atoms with Crippen LogP contribution in [0, 0.1) is 11.3 Å². The summed E-state index contributed by atoms with van der Waals surface area (Å²) in [5, 5.41) is 0. The van der Waals surface area contributed by atoms with Crippen LogP contribution >= 0.6 is 0 Å². The average molecular weight is 206 g/mol. The SMILES string of the molecule is CC1CCN(c2cc[nH]c2)CC(C)(C)C1. The van der Waals surface area contributed by atoms with Gasteiger partial charge in [-0.2, -0.15) is 0 Å². The predicted molar refractivity (Wildman–Crippen MR) is 65.2 cm³/mol. The first kappa shape index (κ1) is 10.6. The third-order valence-electron chi connectivity index (χ3n) is 3.36. The van der Waals surface area contributed by atoms with Gasteiger partial charge in [-0.05, 0) is 30.2 Å². The maximum Gasteiger partial charge on any atom is 0.0543 e. The molecule has 1 aliphatic rings. The first-order valence-corrected chi connectivity index (χ1v) is 5.95. The highest BCUT2D eigenvalue weighted by atomic mass is 15.1. The average Bonchev–Trinajstić information content (AvgIpc) is 2.59. The van der Waals surface area contributed by atoms with Gasteiger partial charge < -0.3 is 9.88 Å². The fourth-order valence-corrected chi connectivity index (χ4v) is 2.81. The van der Waals surface area contributed by atoms with E-state index >= 15 is 0 Å². The Balaban J connectivity index is 2.14. The molecule has 0 radical (unpaired) electrons. The second-order valence-electron chi connectivity index (χ2n) is 5.75. The Kier molecular flexibility index (Phi) is 2.76. The van der Waals surface area contributed by atoms with E-state index in [4.69, 9.17) is 0 Å². The number of nitrogens with one attached hydrogen (secondary N) is 1. The molecule has 0 bridgehead atoms. The van der Waals surface area contributed by atoms with Gasteiger partial charge in [-0.25, -0.2) is 0 Å². The normalized spacial score (nSPS) is 26.3. The second-order valence-corrected chi connectivity index (χ2v) is 5.75. The summed E-state index contributed by atoms with van der Waals surface area (Å²) in [6.45, 7) is 9.52. The van der Waals surface area contributed by atoms with Gasteiger partial charge >= 0.3 is 0 Å². The van der Waals surface area contributed by atoms with Gasteiger partial charge in [0.15, 0.2) is 0 Å². The minimum Gasteiger partial charge on any atom is -0.370 e. The van der Waals surface area contributed by atoms with Crippen LogP contribution in [0.4, 0.5) is 5.69 Å². The number of hydrogen-bond donors (Lipinski definition) is 1. The molecule has 2 rings (SSSR count). The first-order valence-electron chi connectivity index (χ1n) is 5.95. The van der Waals surface area contributed by atoms with Crippen LogP contribution in [0.1, 0.15) is 33.6 Å². The molecule has 0 aromatic carbocycles. The minimum atomic E-state index is 0.438. The highest BCUT2D eigenvalue weighted by Gasteiger charge is 2.28. The molecule has 1 aliphatic heterocycles. The topological polar surface area (TPSA) is 19.0 Å². The van der Waals surface area contributed by atoms with E-state index in [1.165, 1.54) is 31.6 Å². The van der Waals surface area contributed by atoms with Crippen molar-refractivity contribution in [2.24, 2.45) is 11.3 Å². The van der Waals surface area contributed by atoms with Crippen molar-refractivity contribution in [3.05, 3.63) is 18.5 Å². The highest BCUT2D eigenvalue weighted by molar-refractivity contribution is 5.44. The van der Waals surface area contributed by atoms with Crippen LogP contribution in [0.3, 0.4) is 0 Å². The molecule has 2 heterocycles. The standard InChI is InChI=1S/C13H22N2/c1-11-5-7-15(10-13(2,3)8-11)12-4-6-14-9-12/h4,6,9,11,14H,5,7-8,10H2,1-3H3. The molecule has 0 amide bonds. The molecular weight excluding hydrogens is 184 g/mol. The highest BCUT2D eigenvalue weighted by Crippen LogP contribution is 2.33. The van der Waals surface area contributed by atoms with Gasteiger partial charge in [0.25, 0.3) is 0 Å². The van der Waals surface area contributed by atoms with Crippen LogP contribution in [0.25, 0.3) is 0 Å². The van der Waals surface area contributed by atoms with E-state index in [0.29, 0.717) is 5.41 Å². The summed E-state index contributed by atoms with van der Waals surface area (Å²) >= 11 is 0. The maximum absolute atomic E-state index is 3.14. The molecule has 1 aromatic rings. The monoisotopic (exact) mass is 206 g/mol. The number of hydrogen-bond acceptors (Lipinski definition) is 1. The number of H-pyrrole nitrogens is 1. The summed E-state index contributed by atoms with van der Waals surface area (Å²) in [6, 6.07) is 2.17. The largest absolute Gasteiger partial charge is 0.370 e. The number of nitrogens with zero attached hydrogens (tertiary/aromatic N) is 1.